The first-order valence-electron chi connectivity index (χ1n) is 11.4. The summed E-state index contributed by atoms with van der Waals surface area (Å²) in [5.41, 5.74) is 0.944. The normalized spacial score (nSPS) is 23.3. The van der Waals surface area contributed by atoms with E-state index in [1.54, 1.807) is 7.11 Å². The Morgan fingerprint density at radius 1 is 1.18 bits per heavy atom. The molecule has 1 aliphatic carbocycles. The molecule has 1 aromatic rings. The summed E-state index contributed by atoms with van der Waals surface area (Å²) >= 11 is 0. The lowest BCUT2D eigenvalue weighted by Gasteiger charge is -2.27. The van der Waals surface area contributed by atoms with E-state index in [4.69, 9.17) is 9.47 Å². The maximum Gasteiger partial charge on any atom is 0.245 e. The summed E-state index contributed by atoms with van der Waals surface area (Å²) in [6, 6.07) is 3.75. The molecule has 4 atom stereocenters. The van der Waals surface area contributed by atoms with Crippen LogP contribution < -0.4 is 15.4 Å². The van der Waals surface area contributed by atoms with Crippen molar-refractivity contribution in [3.8, 4) is 5.75 Å². The van der Waals surface area contributed by atoms with E-state index >= 15 is 0 Å². The highest BCUT2D eigenvalue weighted by molar-refractivity contribution is 5.98. The minimum atomic E-state index is -1.26. The Bertz CT molecular complexity index is 882. The number of amides is 2. The van der Waals surface area contributed by atoms with Crippen molar-refractivity contribution in [1.82, 2.24) is 10.6 Å². The minimum absolute atomic E-state index is 0.0928. The van der Waals surface area contributed by atoms with Crippen LogP contribution in [0.25, 0.3) is 0 Å². The zero-order valence-corrected chi connectivity index (χ0v) is 19.4. The third kappa shape index (κ3) is 5.90. The number of ketones is 1. The Hall–Kier alpha value is -2.49. The number of benzene rings is 1. The zero-order valence-electron chi connectivity index (χ0n) is 19.4. The van der Waals surface area contributed by atoms with Gasteiger partial charge in [-0.3, -0.25) is 14.4 Å². The second-order valence-corrected chi connectivity index (χ2v) is 9.31. The highest BCUT2D eigenvalue weighted by Crippen LogP contribution is 2.30. The van der Waals surface area contributed by atoms with Crippen molar-refractivity contribution in [2.24, 2.45) is 11.8 Å². The number of aliphatic hydroxyl groups is 2. The number of hydrogen-bond acceptors (Lipinski definition) is 7. The molecule has 3 rings (SSSR count). The van der Waals surface area contributed by atoms with Gasteiger partial charge in [0.2, 0.25) is 11.8 Å². The summed E-state index contributed by atoms with van der Waals surface area (Å²) < 4.78 is 10.4. The molecule has 0 spiro atoms. The van der Waals surface area contributed by atoms with E-state index in [9.17, 15) is 24.6 Å². The minimum Gasteiger partial charge on any atom is -0.497 e. The van der Waals surface area contributed by atoms with Crippen molar-refractivity contribution in [3.05, 3.63) is 29.3 Å². The smallest absolute Gasteiger partial charge is 0.245 e. The zero-order chi connectivity index (χ0) is 24.2. The van der Waals surface area contributed by atoms with Gasteiger partial charge in [-0.05, 0) is 54.9 Å². The molecule has 0 radical (unpaired) electrons. The Morgan fingerprint density at radius 3 is 2.48 bits per heavy atom. The van der Waals surface area contributed by atoms with E-state index in [1.807, 2.05) is 32.0 Å². The summed E-state index contributed by atoms with van der Waals surface area (Å²) in [5, 5.41) is 24.6. The number of fused-ring (bicyclic) bond motifs is 1. The van der Waals surface area contributed by atoms with Crippen LogP contribution in [0.4, 0.5) is 0 Å². The van der Waals surface area contributed by atoms with Gasteiger partial charge < -0.3 is 30.3 Å². The van der Waals surface area contributed by atoms with E-state index in [2.05, 4.69) is 10.6 Å². The van der Waals surface area contributed by atoms with Crippen molar-refractivity contribution in [2.75, 3.05) is 26.9 Å². The lowest BCUT2D eigenvalue weighted by molar-refractivity contribution is -0.135. The first-order chi connectivity index (χ1) is 15.7. The molecule has 9 nitrogen and oxygen atoms in total. The number of aryl methyl sites for hydroxylation is 1. The molecular weight excluding hydrogens is 428 g/mol. The summed E-state index contributed by atoms with van der Waals surface area (Å²) in [6.45, 7) is 2.88. The number of nitrogens with one attached hydrogen (secondary N) is 2. The fraction of sp³-hybridized carbons (Fsp3) is 0.625. The third-order valence-electron chi connectivity index (χ3n) is 6.37. The quantitative estimate of drug-likeness (QED) is 0.343. The van der Waals surface area contributed by atoms with E-state index in [-0.39, 0.29) is 24.3 Å². The second-order valence-electron chi connectivity index (χ2n) is 9.31. The molecule has 1 fully saturated rings. The average molecular weight is 463 g/mol. The van der Waals surface area contributed by atoms with E-state index < -0.39 is 42.6 Å². The van der Waals surface area contributed by atoms with Gasteiger partial charge in [0.1, 0.15) is 11.8 Å². The molecule has 4 N–H and O–H groups in total. The van der Waals surface area contributed by atoms with Crippen LogP contribution in [0.15, 0.2) is 18.2 Å². The molecule has 1 heterocycles. The van der Waals surface area contributed by atoms with Crippen molar-refractivity contribution in [3.63, 3.8) is 0 Å². The van der Waals surface area contributed by atoms with Gasteiger partial charge in [-0.25, -0.2) is 0 Å². The fourth-order valence-electron chi connectivity index (χ4n) is 4.26. The first kappa shape index (κ1) is 25.1. The van der Waals surface area contributed by atoms with Crippen LogP contribution in [0.2, 0.25) is 0 Å². The van der Waals surface area contributed by atoms with Crippen molar-refractivity contribution in [2.45, 2.75) is 57.2 Å². The number of methoxy groups -OCH3 is 1. The Balaban J connectivity index is 1.63. The molecule has 9 heteroatoms. The van der Waals surface area contributed by atoms with Gasteiger partial charge in [0, 0.05) is 5.92 Å². The largest absolute Gasteiger partial charge is 0.497 e. The lowest BCUT2D eigenvalue weighted by Crippen LogP contribution is -2.56. The standard InChI is InChI=1S/C24H34N2O7/c1-14(2)8-19(21(29)24(12-28)13-33-24)25-23(31)20(11-27)26-22(30)16-5-4-15-6-7-18(32-3)10-17(15)9-16/h6-7,10,14,16,19-20,27-28H,4-5,8-9,11-13H2,1-3H3,(H,25,31)(H,26,30)/t16?,19-,20-,24+/m0/s1. The van der Waals surface area contributed by atoms with E-state index in [0.717, 1.165) is 17.7 Å². The van der Waals surface area contributed by atoms with Crippen LogP contribution in [0.1, 0.15) is 37.8 Å². The number of rotatable bonds is 11. The third-order valence-corrected chi connectivity index (χ3v) is 6.37. The Labute approximate surface area is 193 Å². The highest BCUT2D eigenvalue weighted by Gasteiger charge is 2.54. The van der Waals surface area contributed by atoms with E-state index in [0.29, 0.717) is 19.3 Å². The number of epoxide rings is 1. The topological polar surface area (TPSA) is 137 Å². The van der Waals surface area contributed by atoms with E-state index in [1.165, 1.54) is 5.56 Å². The fourth-order valence-corrected chi connectivity index (χ4v) is 4.26. The van der Waals surface area contributed by atoms with Crippen molar-refractivity contribution >= 4 is 17.6 Å². The van der Waals surface area contributed by atoms with Crippen LogP contribution >= 0.6 is 0 Å². The molecule has 1 saturated heterocycles. The predicted molar refractivity (Wildman–Crippen MR) is 120 cm³/mol. The molecule has 1 unspecified atom stereocenters. The number of aliphatic hydroxyl groups excluding tert-OH is 2. The predicted octanol–water partition coefficient (Wildman–Crippen LogP) is 0.139. The molecule has 1 aliphatic heterocycles. The number of carbonyl (C=O) groups is 3. The van der Waals surface area contributed by atoms with Gasteiger partial charge in [0.25, 0.3) is 0 Å². The Kier molecular flexibility index (Phi) is 8.10. The molecular formula is C24H34N2O7. The summed E-state index contributed by atoms with van der Waals surface area (Å²) in [6.07, 6.45) is 2.24. The molecule has 0 saturated carbocycles. The molecule has 0 aromatic heterocycles. The molecule has 2 amide bonds. The second kappa shape index (κ2) is 10.6. The van der Waals surface area contributed by atoms with Crippen LogP contribution in [0.3, 0.4) is 0 Å². The number of ether oxygens (including phenoxy) is 2. The number of carbonyl (C=O) groups excluding carboxylic acids is 3. The Morgan fingerprint density at radius 2 is 1.91 bits per heavy atom. The van der Waals surface area contributed by atoms with Gasteiger partial charge in [-0.2, -0.15) is 0 Å². The van der Waals surface area contributed by atoms with Crippen LogP contribution in [-0.2, 0) is 32.0 Å². The van der Waals surface area contributed by atoms with Crippen molar-refractivity contribution < 1.29 is 34.1 Å². The SMILES string of the molecule is COc1ccc2c(c1)CC(C(=O)N[C@@H](CO)C(=O)N[C@@H](CC(C)C)C(=O)[C@@]1(CO)CO1)CC2. The summed E-state index contributed by atoms with van der Waals surface area (Å²) in [5.74, 6) is -0.873. The molecule has 1 aromatic carbocycles. The molecule has 0 bridgehead atoms. The number of Topliss-reactive ketones (excluding diaryl/α,β-unsaturated/α-hetero) is 1. The maximum atomic E-state index is 12.9. The first-order valence-corrected chi connectivity index (χ1v) is 11.4. The van der Waals surface area contributed by atoms with Crippen LogP contribution in [0.5, 0.6) is 5.75 Å². The average Bonchev–Trinajstić information content (AvgIpc) is 3.61. The van der Waals surface area contributed by atoms with Gasteiger partial charge in [-0.1, -0.05) is 19.9 Å². The molecule has 2 aliphatic rings. The van der Waals surface area contributed by atoms with Gasteiger partial charge in [-0.15, -0.1) is 0 Å². The van der Waals surface area contributed by atoms with Crippen LogP contribution in [-0.4, -0.2) is 72.4 Å². The monoisotopic (exact) mass is 462 g/mol. The van der Waals surface area contributed by atoms with Crippen molar-refractivity contribution in [1.29, 1.82) is 0 Å². The van der Waals surface area contributed by atoms with Gasteiger partial charge in [0.05, 0.1) is 33.0 Å². The lowest BCUT2D eigenvalue weighted by atomic mass is 9.83. The molecule has 182 valence electrons. The summed E-state index contributed by atoms with van der Waals surface area (Å²) in [4.78, 5) is 38.6. The maximum absolute atomic E-state index is 12.9. The number of hydrogen-bond donors (Lipinski definition) is 4. The van der Waals surface area contributed by atoms with Gasteiger partial charge >= 0.3 is 0 Å². The van der Waals surface area contributed by atoms with Crippen LogP contribution in [0, 0.1) is 11.8 Å². The molecule has 33 heavy (non-hydrogen) atoms. The highest BCUT2D eigenvalue weighted by atomic mass is 16.6. The van der Waals surface area contributed by atoms with Gasteiger partial charge in [0.15, 0.2) is 11.4 Å². The summed E-state index contributed by atoms with van der Waals surface area (Å²) in [7, 11) is 1.59.